The van der Waals surface area contributed by atoms with Gasteiger partial charge >= 0.3 is 5.97 Å². The molecule has 3 N–H and O–H groups in total. The number of aromatic carboxylic acids is 1. The minimum Gasteiger partial charge on any atom is -0.478 e. The molecular weight excluding hydrogens is 258 g/mol. The van der Waals surface area contributed by atoms with Gasteiger partial charge in [0.15, 0.2) is 0 Å². The van der Waals surface area contributed by atoms with Gasteiger partial charge in [-0.3, -0.25) is 0 Å². The minimum atomic E-state index is -0.977. The van der Waals surface area contributed by atoms with Gasteiger partial charge in [0.2, 0.25) is 0 Å². The van der Waals surface area contributed by atoms with E-state index in [0.29, 0.717) is 35.7 Å². The summed E-state index contributed by atoms with van der Waals surface area (Å²) in [5.74, 6) is -0.206. The van der Waals surface area contributed by atoms with Crippen molar-refractivity contribution in [3.05, 3.63) is 35.6 Å². The quantitative estimate of drug-likeness (QED) is 0.723. The summed E-state index contributed by atoms with van der Waals surface area (Å²) in [5.41, 5.74) is 0.813. The Morgan fingerprint density at radius 3 is 2.85 bits per heavy atom. The number of rotatable bonds is 7. The number of furan rings is 1. The first-order chi connectivity index (χ1) is 9.63. The van der Waals surface area contributed by atoms with Crippen LogP contribution in [0.4, 0.5) is 0 Å². The highest BCUT2D eigenvalue weighted by molar-refractivity contribution is 6.03. The Hall–Kier alpha value is -1.85. The number of carbonyl (C=O) groups is 1. The average molecular weight is 277 g/mol. The molecule has 0 aliphatic carbocycles. The van der Waals surface area contributed by atoms with Crippen molar-refractivity contribution in [2.75, 3.05) is 13.2 Å². The highest BCUT2D eigenvalue weighted by atomic mass is 16.4. The van der Waals surface area contributed by atoms with Crippen LogP contribution >= 0.6 is 0 Å². The third-order valence-electron chi connectivity index (χ3n) is 3.28. The number of para-hydroxylation sites is 1. The second-order valence-electron chi connectivity index (χ2n) is 4.95. The van der Waals surface area contributed by atoms with Crippen LogP contribution in [0.25, 0.3) is 11.0 Å². The second-order valence-corrected chi connectivity index (χ2v) is 4.95. The first-order valence-corrected chi connectivity index (χ1v) is 6.68. The third kappa shape index (κ3) is 3.18. The lowest BCUT2D eigenvalue weighted by molar-refractivity contribution is 0.0696. The number of hydrogen-bond acceptors (Lipinski definition) is 4. The fourth-order valence-corrected chi connectivity index (χ4v) is 2.21. The number of carboxylic acids is 1. The highest BCUT2D eigenvalue weighted by Gasteiger charge is 2.19. The third-order valence-corrected chi connectivity index (χ3v) is 3.28. The molecule has 0 aliphatic rings. The molecule has 108 valence electrons. The normalized spacial score (nSPS) is 12.7. The van der Waals surface area contributed by atoms with E-state index in [0.717, 1.165) is 6.42 Å². The van der Waals surface area contributed by atoms with E-state index in [4.69, 9.17) is 9.52 Å². The Labute approximate surface area is 117 Å². The Balaban J connectivity index is 2.13. The smallest absolute Gasteiger partial charge is 0.339 e. The molecule has 1 aromatic heterocycles. The van der Waals surface area contributed by atoms with Crippen molar-refractivity contribution in [2.24, 2.45) is 5.92 Å². The molecule has 1 unspecified atom stereocenters. The van der Waals surface area contributed by atoms with Gasteiger partial charge in [0.05, 0.1) is 6.54 Å². The first-order valence-electron chi connectivity index (χ1n) is 6.68. The lowest BCUT2D eigenvalue weighted by Crippen LogP contribution is -2.22. The molecule has 0 amide bonds. The van der Waals surface area contributed by atoms with Crippen LogP contribution in [0.2, 0.25) is 0 Å². The maximum Gasteiger partial charge on any atom is 0.339 e. The molecule has 0 saturated carbocycles. The van der Waals surface area contributed by atoms with Gasteiger partial charge in [0.25, 0.3) is 0 Å². The predicted molar refractivity (Wildman–Crippen MR) is 75.7 cm³/mol. The molecule has 0 spiro atoms. The maximum absolute atomic E-state index is 11.4. The van der Waals surface area contributed by atoms with Crippen LogP contribution in [0.1, 0.15) is 29.5 Å². The van der Waals surface area contributed by atoms with E-state index in [2.05, 4.69) is 5.32 Å². The summed E-state index contributed by atoms with van der Waals surface area (Å²) in [6.07, 6.45) is 0.721. The van der Waals surface area contributed by atoms with Gasteiger partial charge in [0.1, 0.15) is 16.9 Å². The van der Waals surface area contributed by atoms with E-state index >= 15 is 0 Å². The van der Waals surface area contributed by atoms with E-state index in [1.165, 1.54) is 0 Å². The molecule has 1 atom stereocenters. The zero-order chi connectivity index (χ0) is 14.5. The van der Waals surface area contributed by atoms with Gasteiger partial charge in [-0.1, -0.05) is 25.1 Å². The molecule has 1 heterocycles. The summed E-state index contributed by atoms with van der Waals surface area (Å²) in [6.45, 7) is 3.26. The predicted octanol–water partition coefficient (Wildman–Crippen LogP) is 2.24. The summed E-state index contributed by atoms with van der Waals surface area (Å²) in [6, 6.07) is 7.13. The van der Waals surface area contributed by atoms with Gasteiger partial charge in [-0.15, -0.1) is 0 Å². The molecule has 20 heavy (non-hydrogen) atoms. The summed E-state index contributed by atoms with van der Waals surface area (Å²) >= 11 is 0. The number of fused-ring (bicyclic) bond motifs is 1. The highest BCUT2D eigenvalue weighted by Crippen LogP contribution is 2.25. The zero-order valence-electron chi connectivity index (χ0n) is 11.4. The number of carboxylic acid groups (broad SMARTS) is 1. The van der Waals surface area contributed by atoms with Gasteiger partial charge in [-0.25, -0.2) is 4.79 Å². The van der Waals surface area contributed by atoms with Crippen LogP contribution in [0, 0.1) is 5.92 Å². The molecule has 0 bridgehead atoms. The van der Waals surface area contributed by atoms with E-state index in [1.54, 1.807) is 18.2 Å². The van der Waals surface area contributed by atoms with Crippen LogP contribution in [0.5, 0.6) is 0 Å². The summed E-state index contributed by atoms with van der Waals surface area (Å²) in [5, 5.41) is 22.0. The van der Waals surface area contributed by atoms with E-state index in [-0.39, 0.29) is 12.2 Å². The standard InChI is InChI=1S/C15H19NO4/c1-10(6-7-17)8-16-9-13-14(15(18)19)11-4-2-3-5-12(11)20-13/h2-5,10,16-17H,6-9H2,1H3,(H,18,19). The van der Waals surface area contributed by atoms with Gasteiger partial charge in [-0.2, -0.15) is 0 Å². The molecule has 0 radical (unpaired) electrons. The topological polar surface area (TPSA) is 82.7 Å². The molecule has 2 aromatic rings. The van der Waals surface area contributed by atoms with Crippen LogP contribution in [0.3, 0.4) is 0 Å². The van der Waals surface area contributed by atoms with Gasteiger partial charge < -0.3 is 19.9 Å². The molecule has 1 aromatic carbocycles. The van der Waals surface area contributed by atoms with E-state index in [9.17, 15) is 9.90 Å². The molecule has 2 rings (SSSR count). The van der Waals surface area contributed by atoms with Crippen molar-refractivity contribution < 1.29 is 19.4 Å². The SMILES string of the molecule is CC(CCO)CNCc1oc2ccccc2c1C(=O)O. The Kier molecular flexibility index (Phi) is 4.76. The minimum absolute atomic E-state index is 0.161. The number of aliphatic hydroxyl groups is 1. The molecule has 5 heteroatoms. The average Bonchev–Trinajstić information content (AvgIpc) is 2.77. The number of nitrogens with one attached hydrogen (secondary N) is 1. The fraction of sp³-hybridized carbons (Fsp3) is 0.400. The van der Waals surface area contributed by atoms with Crippen molar-refractivity contribution in [3.8, 4) is 0 Å². The summed E-state index contributed by atoms with van der Waals surface area (Å²) in [7, 11) is 0. The van der Waals surface area contributed by atoms with Crippen LogP contribution in [-0.2, 0) is 6.54 Å². The zero-order valence-corrected chi connectivity index (χ0v) is 11.4. The number of benzene rings is 1. The van der Waals surface area contributed by atoms with E-state index < -0.39 is 5.97 Å². The number of hydrogen-bond donors (Lipinski definition) is 3. The molecular formula is C15H19NO4. The largest absolute Gasteiger partial charge is 0.478 e. The Morgan fingerprint density at radius 2 is 2.15 bits per heavy atom. The van der Waals surface area contributed by atoms with Crippen molar-refractivity contribution in [1.82, 2.24) is 5.32 Å². The first kappa shape index (κ1) is 14.6. The monoisotopic (exact) mass is 277 g/mol. The van der Waals surface area contributed by atoms with Crippen molar-refractivity contribution in [2.45, 2.75) is 19.9 Å². The number of aliphatic hydroxyl groups excluding tert-OH is 1. The van der Waals surface area contributed by atoms with E-state index in [1.807, 2.05) is 13.0 Å². The molecule has 0 fully saturated rings. The van der Waals surface area contributed by atoms with Gasteiger partial charge in [0, 0.05) is 12.0 Å². The molecule has 0 saturated heterocycles. The summed E-state index contributed by atoms with van der Waals surface area (Å²) < 4.78 is 5.61. The Morgan fingerprint density at radius 1 is 1.40 bits per heavy atom. The lowest BCUT2D eigenvalue weighted by atomic mass is 10.1. The fourth-order valence-electron chi connectivity index (χ4n) is 2.21. The van der Waals surface area contributed by atoms with Crippen LogP contribution < -0.4 is 5.32 Å². The lowest BCUT2D eigenvalue weighted by Gasteiger charge is -2.10. The molecule has 0 aliphatic heterocycles. The second kappa shape index (κ2) is 6.54. The van der Waals surface area contributed by atoms with Crippen LogP contribution in [0.15, 0.2) is 28.7 Å². The van der Waals surface area contributed by atoms with Crippen molar-refractivity contribution >= 4 is 16.9 Å². The van der Waals surface area contributed by atoms with Crippen molar-refractivity contribution in [1.29, 1.82) is 0 Å². The molecule has 5 nitrogen and oxygen atoms in total. The summed E-state index contributed by atoms with van der Waals surface area (Å²) in [4.78, 5) is 11.4. The maximum atomic E-state index is 11.4. The van der Waals surface area contributed by atoms with Crippen LogP contribution in [-0.4, -0.2) is 29.3 Å². The van der Waals surface area contributed by atoms with Gasteiger partial charge in [-0.05, 0) is 24.9 Å². The van der Waals surface area contributed by atoms with Crippen molar-refractivity contribution in [3.63, 3.8) is 0 Å². The Bertz CT molecular complexity index is 591.